The fourth-order valence-electron chi connectivity index (χ4n) is 1.70. The summed E-state index contributed by atoms with van der Waals surface area (Å²) in [6, 6.07) is -1.70. The van der Waals surface area contributed by atoms with E-state index in [1.165, 1.54) is 11.3 Å². The summed E-state index contributed by atoms with van der Waals surface area (Å²) in [5, 5.41) is 4.41. The first-order valence-corrected chi connectivity index (χ1v) is 5.60. The maximum atomic E-state index is 12.4. The second-order valence-electron chi connectivity index (χ2n) is 3.67. The molecule has 1 saturated heterocycles. The predicted molar refractivity (Wildman–Crippen MR) is 51.9 cm³/mol. The molecule has 1 amide bonds. The van der Waals surface area contributed by atoms with Gasteiger partial charge in [0.1, 0.15) is 6.04 Å². The first kappa shape index (κ1) is 11.4. The number of aromatic nitrogens is 1. The summed E-state index contributed by atoms with van der Waals surface area (Å²) >= 11 is 1.35. The molecule has 2 unspecified atom stereocenters. The van der Waals surface area contributed by atoms with E-state index in [0.717, 1.165) is 0 Å². The Labute approximate surface area is 93.7 Å². The largest absolute Gasteiger partial charge is 0.408 e. The lowest BCUT2D eigenvalue weighted by Gasteiger charge is -2.13. The van der Waals surface area contributed by atoms with E-state index in [9.17, 15) is 18.0 Å². The Hall–Kier alpha value is -1.11. The molecule has 1 fully saturated rings. The lowest BCUT2D eigenvalue weighted by molar-refractivity contribution is -0.154. The Morgan fingerprint density at radius 3 is 2.81 bits per heavy atom. The minimum Gasteiger partial charge on any atom is -0.344 e. The zero-order valence-electron chi connectivity index (χ0n) is 8.12. The second-order valence-corrected chi connectivity index (χ2v) is 4.64. The fraction of sp³-hybridized carbons (Fsp3) is 0.556. The highest BCUT2D eigenvalue weighted by atomic mass is 32.1. The van der Waals surface area contributed by atoms with Gasteiger partial charge in [0, 0.05) is 23.9 Å². The molecule has 0 saturated carbocycles. The third-order valence-corrected chi connectivity index (χ3v) is 3.31. The molecule has 0 aromatic carbocycles. The van der Waals surface area contributed by atoms with Crippen LogP contribution in [0.4, 0.5) is 13.2 Å². The number of nitrogens with zero attached hydrogens (tertiary/aromatic N) is 1. The quantitative estimate of drug-likeness (QED) is 0.869. The van der Waals surface area contributed by atoms with Crippen LogP contribution in [-0.4, -0.2) is 23.1 Å². The van der Waals surface area contributed by atoms with Gasteiger partial charge in [-0.3, -0.25) is 4.79 Å². The molecular formula is C9H9F3N2OS. The molecule has 2 heterocycles. The van der Waals surface area contributed by atoms with Gasteiger partial charge in [-0.1, -0.05) is 0 Å². The Morgan fingerprint density at radius 2 is 2.31 bits per heavy atom. The molecule has 0 spiro atoms. The maximum absolute atomic E-state index is 12.4. The highest BCUT2D eigenvalue weighted by Crippen LogP contribution is 2.31. The minimum atomic E-state index is -4.35. The third kappa shape index (κ3) is 2.34. The normalized spacial score (nSPS) is 25.8. The van der Waals surface area contributed by atoms with Gasteiger partial charge in [0.25, 0.3) is 0 Å². The molecule has 88 valence electrons. The van der Waals surface area contributed by atoms with Crippen LogP contribution in [0, 0.1) is 5.92 Å². The molecule has 1 aliphatic rings. The van der Waals surface area contributed by atoms with E-state index in [1.54, 1.807) is 11.6 Å². The van der Waals surface area contributed by atoms with Gasteiger partial charge in [0.15, 0.2) is 0 Å². The monoisotopic (exact) mass is 250 g/mol. The standard InChI is InChI=1S/C9H9F3N2OS/c10-9(11,12)6-3-5(8(15)14-6)4-7-13-1-2-16-7/h1-2,5-6H,3-4H2,(H,14,15). The van der Waals surface area contributed by atoms with Crippen LogP contribution in [0.3, 0.4) is 0 Å². The van der Waals surface area contributed by atoms with Crippen molar-refractivity contribution >= 4 is 17.2 Å². The molecule has 1 N–H and O–H groups in total. The second kappa shape index (κ2) is 4.04. The zero-order valence-corrected chi connectivity index (χ0v) is 8.94. The van der Waals surface area contributed by atoms with Gasteiger partial charge in [-0.25, -0.2) is 4.98 Å². The lowest BCUT2D eigenvalue weighted by atomic mass is 10.0. The van der Waals surface area contributed by atoms with E-state index in [2.05, 4.69) is 4.98 Å². The van der Waals surface area contributed by atoms with Crippen molar-refractivity contribution in [3.63, 3.8) is 0 Å². The van der Waals surface area contributed by atoms with Crippen LogP contribution in [0.2, 0.25) is 0 Å². The highest BCUT2D eigenvalue weighted by Gasteiger charge is 2.47. The van der Waals surface area contributed by atoms with Crippen molar-refractivity contribution in [3.05, 3.63) is 16.6 Å². The van der Waals surface area contributed by atoms with Crippen molar-refractivity contribution < 1.29 is 18.0 Å². The van der Waals surface area contributed by atoms with Crippen molar-refractivity contribution in [1.82, 2.24) is 10.3 Å². The van der Waals surface area contributed by atoms with Crippen molar-refractivity contribution in [2.75, 3.05) is 0 Å². The summed E-state index contributed by atoms with van der Waals surface area (Å²) in [4.78, 5) is 15.3. The maximum Gasteiger partial charge on any atom is 0.408 e. The molecule has 0 radical (unpaired) electrons. The molecule has 16 heavy (non-hydrogen) atoms. The van der Waals surface area contributed by atoms with Crippen molar-refractivity contribution in [2.24, 2.45) is 5.92 Å². The Kier molecular flexibility index (Phi) is 2.88. The molecular weight excluding hydrogens is 241 g/mol. The number of rotatable bonds is 2. The number of thiazole rings is 1. The number of carbonyl (C=O) groups is 1. The summed E-state index contributed by atoms with van der Waals surface area (Å²) in [6.07, 6.45) is -2.68. The molecule has 1 aliphatic heterocycles. The van der Waals surface area contributed by atoms with Crippen molar-refractivity contribution in [1.29, 1.82) is 0 Å². The van der Waals surface area contributed by atoms with Gasteiger partial charge in [-0.15, -0.1) is 11.3 Å². The molecule has 3 nitrogen and oxygen atoms in total. The number of halogens is 3. The van der Waals surface area contributed by atoms with Gasteiger partial charge >= 0.3 is 6.18 Å². The summed E-state index contributed by atoms with van der Waals surface area (Å²) in [5.41, 5.74) is 0. The Balaban J connectivity index is 2.00. The number of hydrogen-bond donors (Lipinski definition) is 1. The molecule has 0 aliphatic carbocycles. The lowest BCUT2D eigenvalue weighted by Crippen LogP contribution is -2.38. The summed E-state index contributed by atoms with van der Waals surface area (Å²) in [6.45, 7) is 0. The fourth-order valence-corrected chi connectivity index (χ4v) is 2.39. The first-order valence-electron chi connectivity index (χ1n) is 4.72. The van der Waals surface area contributed by atoms with Crippen LogP contribution in [0.15, 0.2) is 11.6 Å². The highest BCUT2D eigenvalue weighted by molar-refractivity contribution is 7.09. The molecule has 1 aromatic rings. The summed E-state index contributed by atoms with van der Waals surface area (Å²) < 4.78 is 37.1. The third-order valence-electron chi connectivity index (χ3n) is 2.51. The minimum absolute atomic E-state index is 0.193. The van der Waals surface area contributed by atoms with Crippen LogP contribution >= 0.6 is 11.3 Å². The van der Waals surface area contributed by atoms with Gasteiger partial charge in [0.2, 0.25) is 5.91 Å². The number of amides is 1. The van der Waals surface area contributed by atoms with E-state index in [1.807, 2.05) is 5.32 Å². The van der Waals surface area contributed by atoms with E-state index < -0.39 is 24.0 Å². The predicted octanol–water partition coefficient (Wildman–Crippen LogP) is 1.75. The molecule has 0 bridgehead atoms. The van der Waals surface area contributed by atoms with E-state index >= 15 is 0 Å². The first-order chi connectivity index (χ1) is 7.47. The van der Waals surface area contributed by atoms with E-state index in [-0.39, 0.29) is 12.8 Å². The van der Waals surface area contributed by atoms with Crippen LogP contribution in [0.1, 0.15) is 11.4 Å². The number of hydrogen-bond acceptors (Lipinski definition) is 3. The van der Waals surface area contributed by atoms with Crippen LogP contribution in [-0.2, 0) is 11.2 Å². The van der Waals surface area contributed by atoms with Crippen LogP contribution in [0.5, 0.6) is 0 Å². The van der Waals surface area contributed by atoms with Gasteiger partial charge in [0.05, 0.1) is 5.01 Å². The van der Waals surface area contributed by atoms with Crippen molar-refractivity contribution in [2.45, 2.75) is 25.1 Å². The number of carbonyl (C=O) groups excluding carboxylic acids is 1. The van der Waals surface area contributed by atoms with E-state index in [0.29, 0.717) is 5.01 Å². The molecule has 2 atom stereocenters. The zero-order chi connectivity index (χ0) is 11.8. The van der Waals surface area contributed by atoms with Gasteiger partial charge in [-0.2, -0.15) is 13.2 Å². The average Bonchev–Trinajstić information content (AvgIpc) is 2.76. The summed E-state index contributed by atoms with van der Waals surface area (Å²) in [5.74, 6) is -1.14. The van der Waals surface area contributed by atoms with Crippen LogP contribution < -0.4 is 5.32 Å². The smallest absolute Gasteiger partial charge is 0.344 e. The topological polar surface area (TPSA) is 42.0 Å². The molecule has 1 aromatic heterocycles. The van der Waals surface area contributed by atoms with Crippen LogP contribution in [0.25, 0.3) is 0 Å². The average molecular weight is 250 g/mol. The molecule has 2 rings (SSSR count). The van der Waals surface area contributed by atoms with Crippen molar-refractivity contribution in [3.8, 4) is 0 Å². The van der Waals surface area contributed by atoms with Gasteiger partial charge in [-0.05, 0) is 6.42 Å². The SMILES string of the molecule is O=C1NC(C(F)(F)F)CC1Cc1nccs1. The van der Waals surface area contributed by atoms with Gasteiger partial charge < -0.3 is 5.32 Å². The number of nitrogens with one attached hydrogen (secondary N) is 1. The summed E-state index contributed by atoms with van der Waals surface area (Å²) in [7, 11) is 0. The number of alkyl halides is 3. The van der Waals surface area contributed by atoms with E-state index in [4.69, 9.17) is 0 Å². The molecule has 7 heteroatoms. The Bertz CT molecular complexity index is 377. The Morgan fingerprint density at radius 1 is 1.56 bits per heavy atom.